The molecule has 0 bridgehead atoms. The Morgan fingerprint density at radius 3 is 1.07 bits per heavy atom. The van der Waals surface area contributed by atoms with E-state index in [-0.39, 0.29) is 24.1 Å². The van der Waals surface area contributed by atoms with Crippen LogP contribution < -0.4 is 0 Å². The average Bonchev–Trinajstić information content (AvgIpc) is 2.95. The maximum Gasteiger partial charge on any atom is 0.311 e. The van der Waals surface area contributed by atoms with E-state index in [0.29, 0.717) is 6.54 Å². The molecule has 0 aliphatic carbocycles. The molecule has 0 aliphatic rings. The maximum atomic E-state index is 11.6. The van der Waals surface area contributed by atoms with Crippen molar-refractivity contribution in [2.24, 2.45) is 17.8 Å². The van der Waals surface area contributed by atoms with Crippen LogP contribution in [-0.4, -0.2) is 63.9 Å². The molecule has 0 saturated carbocycles. The van der Waals surface area contributed by atoms with E-state index in [9.17, 15) is 29.7 Å². The minimum absolute atomic E-state index is 0.212. The van der Waals surface area contributed by atoms with Gasteiger partial charge in [0.05, 0.1) is 26.2 Å². The Morgan fingerprint density at radius 1 is 0.488 bits per heavy atom. The monoisotopic (exact) mass is 611 g/mol. The van der Waals surface area contributed by atoms with E-state index in [1.54, 1.807) is 20.8 Å². The first-order valence-corrected chi connectivity index (χ1v) is 17.7. The quantitative estimate of drug-likeness (QED) is 0.0410. The van der Waals surface area contributed by atoms with E-state index in [1.807, 2.05) is 0 Å². The van der Waals surface area contributed by atoms with Crippen LogP contribution in [0.5, 0.6) is 0 Å². The van der Waals surface area contributed by atoms with Crippen LogP contribution in [0.15, 0.2) is 12.2 Å². The third-order valence-corrected chi connectivity index (χ3v) is 8.89. The van der Waals surface area contributed by atoms with Crippen LogP contribution in [0.1, 0.15) is 156 Å². The van der Waals surface area contributed by atoms with Gasteiger partial charge in [0.25, 0.3) is 0 Å². The van der Waals surface area contributed by atoms with Crippen molar-refractivity contribution in [3.63, 3.8) is 0 Å². The standard InChI is InChI=1S/C36H67NO6/c1-5-6-7-8-9-10-11-12-13-14-15-16-17-18-19-20-21-22-23-24-25-26-27-37(28-31(2)34(38)39,29-32(3)35(40)41)30-33(4)36(42)43/h21-22,31-33H,5-20,23-30H2,1-4H3,(H2-,38,39,40,41,42,43)/p+1/b22-21+. The average molecular weight is 611 g/mol. The van der Waals surface area contributed by atoms with Crippen LogP contribution in [0.2, 0.25) is 0 Å². The van der Waals surface area contributed by atoms with Gasteiger partial charge in [-0.1, -0.05) is 109 Å². The maximum absolute atomic E-state index is 11.6. The number of hydrogen-bond donors (Lipinski definition) is 3. The zero-order valence-corrected chi connectivity index (χ0v) is 28.4. The Bertz CT molecular complexity index is 697. The minimum atomic E-state index is -0.937. The molecule has 0 spiro atoms. The summed E-state index contributed by atoms with van der Waals surface area (Å²) in [4.78, 5) is 34.9. The van der Waals surface area contributed by atoms with Gasteiger partial charge in [0.2, 0.25) is 0 Å². The molecule has 0 aromatic carbocycles. The highest BCUT2D eigenvalue weighted by atomic mass is 16.4. The number of hydrogen-bond acceptors (Lipinski definition) is 3. The topological polar surface area (TPSA) is 112 Å². The number of quaternary nitrogens is 1. The van der Waals surface area contributed by atoms with Crippen LogP contribution in [0, 0.1) is 17.8 Å². The second-order valence-corrected chi connectivity index (χ2v) is 13.4. The summed E-state index contributed by atoms with van der Waals surface area (Å²) >= 11 is 0. The fourth-order valence-electron chi connectivity index (χ4n) is 6.23. The van der Waals surface area contributed by atoms with Crippen LogP contribution >= 0.6 is 0 Å². The lowest BCUT2D eigenvalue weighted by Gasteiger charge is -2.42. The smallest absolute Gasteiger partial charge is 0.311 e. The lowest BCUT2D eigenvalue weighted by molar-refractivity contribution is -0.934. The summed E-state index contributed by atoms with van der Waals surface area (Å²) in [6.45, 7) is 8.45. The Kier molecular flexibility index (Phi) is 25.3. The van der Waals surface area contributed by atoms with Crippen LogP contribution in [0.3, 0.4) is 0 Å². The molecule has 7 nitrogen and oxygen atoms in total. The molecule has 43 heavy (non-hydrogen) atoms. The first-order valence-electron chi connectivity index (χ1n) is 17.7. The predicted molar refractivity (Wildman–Crippen MR) is 177 cm³/mol. The van der Waals surface area contributed by atoms with Gasteiger partial charge < -0.3 is 19.8 Å². The van der Waals surface area contributed by atoms with Gasteiger partial charge in [-0.25, -0.2) is 0 Å². The van der Waals surface area contributed by atoms with Crippen molar-refractivity contribution < 1.29 is 34.2 Å². The van der Waals surface area contributed by atoms with Gasteiger partial charge in [-0.05, 0) is 59.3 Å². The molecule has 0 saturated heterocycles. The van der Waals surface area contributed by atoms with E-state index >= 15 is 0 Å². The van der Waals surface area contributed by atoms with Gasteiger partial charge in [-0.2, -0.15) is 0 Å². The molecule has 0 fully saturated rings. The highest BCUT2D eigenvalue weighted by molar-refractivity contribution is 5.70. The van der Waals surface area contributed by atoms with E-state index in [1.165, 1.54) is 96.3 Å². The number of rotatable bonds is 31. The molecule has 0 aliphatic heterocycles. The van der Waals surface area contributed by atoms with E-state index in [4.69, 9.17) is 0 Å². The first-order chi connectivity index (χ1) is 20.5. The molecule has 0 amide bonds. The lowest BCUT2D eigenvalue weighted by atomic mass is 10.0. The first kappa shape index (κ1) is 41.1. The molecule has 0 heterocycles. The second-order valence-electron chi connectivity index (χ2n) is 13.4. The Labute approximate surface area is 264 Å². The number of unbranched alkanes of at least 4 members (excludes halogenated alkanes) is 18. The summed E-state index contributed by atoms with van der Waals surface area (Å²) in [5.74, 6) is -4.84. The van der Waals surface area contributed by atoms with Crippen molar-refractivity contribution in [1.82, 2.24) is 0 Å². The molecule has 0 rings (SSSR count). The summed E-state index contributed by atoms with van der Waals surface area (Å²) in [5, 5.41) is 28.6. The zero-order chi connectivity index (χ0) is 32.3. The molecule has 0 radical (unpaired) electrons. The highest BCUT2D eigenvalue weighted by Crippen LogP contribution is 2.22. The van der Waals surface area contributed by atoms with Crippen LogP contribution in [0.4, 0.5) is 0 Å². The third kappa shape index (κ3) is 23.2. The van der Waals surface area contributed by atoms with Crippen molar-refractivity contribution in [3.8, 4) is 0 Å². The second kappa shape index (κ2) is 26.5. The number of carboxylic acids is 3. The van der Waals surface area contributed by atoms with E-state index in [2.05, 4.69) is 19.1 Å². The SMILES string of the molecule is CCCCCCCCCCCCCCCCC/C=C/CCCCC[N+](CC(C)C(=O)O)(CC(C)C(=O)O)CC(C)C(=O)O. The highest BCUT2D eigenvalue weighted by Gasteiger charge is 2.38. The summed E-state index contributed by atoms with van der Waals surface area (Å²) in [6, 6.07) is 0. The van der Waals surface area contributed by atoms with Crippen molar-refractivity contribution in [2.45, 2.75) is 156 Å². The van der Waals surface area contributed by atoms with Gasteiger partial charge in [-0.15, -0.1) is 0 Å². The van der Waals surface area contributed by atoms with Gasteiger partial charge >= 0.3 is 17.9 Å². The van der Waals surface area contributed by atoms with Gasteiger partial charge in [0.15, 0.2) is 0 Å². The third-order valence-electron chi connectivity index (χ3n) is 8.89. The van der Waals surface area contributed by atoms with Gasteiger partial charge in [-0.3, -0.25) is 14.4 Å². The minimum Gasteiger partial charge on any atom is -0.481 e. The molecule has 3 unspecified atom stereocenters. The molecule has 3 atom stereocenters. The number of allylic oxidation sites excluding steroid dienone is 2. The number of nitrogens with zero attached hydrogens (tertiary/aromatic N) is 1. The van der Waals surface area contributed by atoms with Crippen molar-refractivity contribution in [3.05, 3.63) is 12.2 Å². The Hall–Kier alpha value is -1.89. The fourth-order valence-corrected chi connectivity index (χ4v) is 6.23. The van der Waals surface area contributed by atoms with E-state index < -0.39 is 35.7 Å². The van der Waals surface area contributed by atoms with Crippen molar-refractivity contribution in [1.29, 1.82) is 0 Å². The summed E-state index contributed by atoms with van der Waals surface area (Å²) < 4.78 is 0.212. The predicted octanol–water partition coefficient (Wildman–Crippen LogP) is 9.34. The van der Waals surface area contributed by atoms with Crippen molar-refractivity contribution in [2.75, 3.05) is 26.2 Å². The molecular formula is C36H68NO6+. The summed E-state index contributed by atoms with van der Waals surface area (Å²) in [6.07, 6.45) is 30.2. The number of aliphatic carboxylic acids is 3. The van der Waals surface area contributed by atoms with E-state index in [0.717, 1.165) is 32.1 Å². The van der Waals surface area contributed by atoms with Gasteiger partial charge in [0, 0.05) is 0 Å². The molecular weight excluding hydrogens is 542 g/mol. The molecule has 0 aromatic rings. The lowest BCUT2D eigenvalue weighted by Crippen LogP contribution is -2.57. The molecule has 0 aromatic heterocycles. The summed E-state index contributed by atoms with van der Waals surface area (Å²) in [7, 11) is 0. The molecule has 3 N–H and O–H groups in total. The molecule has 252 valence electrons. The zero-order valence-electron chi connectivity index (χ0n) is 28.4. The van der Waals surface area contributed by atoms with Crippen molar-refractivity contribution >= 4 is 17.9 Å². The Morgan fingerprint density at radius 2 is 0.767 bits per heavy atom. The van der Waals surface area contributed by atoms with Crippen LogP contribution in [-0.2, 0) is 14.4 Å². The number of carboxylic acid groups (broad SMARTS) is 3. The van der Waals surface area contributed by atoms with Crippen LogP contribution in [0.25, 0.3) is 0 Å². The number of carbonyl (C=O) groups is 3. The normalized spacial score (nSPS) is 15.3. The summed E-state index contributed by atoms with van der Waals surface area (Å²) in [5.41, 5.74) is 0. The Balaban J connectivity index is 4.19. The molecule has 7 heteroatoms. The largest absolute Gasteiger partial charge is 0.481 e. The fraction of sp³-hybridized carbons (Fsp3) is 0.861. The van der Waals surface area contributed by atoms with Gasteiger partial charge in [0.1, 0.15) is 17.8 Å².